The molecule has 2 fully saturated rings. The monoisotopic (exact) mass is 281 g/mol. The van der Waals surface area contributed by atoms with Gasteiger partial charge in [0.05, 0.1) is 5.92 Å². The Kier molecular flexibility index (Phi) is 5.44. The zero-order chi connectivity index (χ0) is 14.7. The Hall–Kier alpha value is -0.610. The first-order chi connectivity index (χ1) is 9.47. The zero-order valence-corrected chi connectivity index (χ0v) is 13.6. The fourth-order valence-corrected chi connectivity index (χ4v) is 3.38. The van der Waals surface area contributed by atoms with Gasteiger partial charge in [-0.25, -0.2) is 0 Å². The van der Waals surface area contributed by atoms with E-state index in [1.54, 1.807) is 0 Å². The average Bonchev–Trinajstić information content (AvgIpc) is 2.88. The topological polar surface area (TPSA) is 26.8 Å². The second-order valence-corrected chi connectivity index (χ2v) is 7.09. The molecule has 0 bridgehead atoms. The number of carbonyl (C=O) groups excluding carboxylic acids is 1. The van der Waals surface area contributed by atoms with Gasteiger partial charge in [0.2, 0.25) is 5.91 Å². The van der Waals surface area contributed by atoms with Crippen LogP contribution in [0.25, 0.3) is 0 Å². The standard InChI is InChI=1S/C16H31N3O/c1-13(2)11-17-7-9-18(10-8-17)16(20)15-5-6-19(12-15)14(3)4/h13-15H,5-12H2,1-4H3/t15-/m1/s1. The first-order valence-corrected chi connectivity index (χ1v) is 8.22. The molecule has 4 heteroatoms. The summed E-state index contributed by atoms with van der Waals surface area (Å²) in [5.41, 5.74) is 0. The van der Waals surface area contributed by atoms with Crippen molar-refractivity contribution in [2.75, 3.05) is 45.8 Å². The van der Waals surface area contributed by atoms with Crippen molar-refractivity contribution >= 4 is 5.91 Å². The second kappa shape index (κ2) is 6.90. The Morgan fingerprint density at radius 3 is 2.20 bits per heavy atom. The Morgan fingerprint density at radius 1 is 1.05 bits per heavy atom. The van der Waals surface area contributed by atoms with E-state index in [9.17, 15) is 4.79 Å². The predicted octanol–water partition coefficient (Wildman–Crippen LogP) is 1.52. The first kappa shape index (κ1) is 15.8. The molecule has 2 heterocycles. The quantitative estimate of drug-likeness (QED) is 0.782. The highest BCUT2D eigenvalue weighted by Gasteiger charge is 2.33. The van der Waals surface area contributed by atoms with E-state index in [1.807, 2.05) is 0 Å². The Morgan fingerprint density at radius 2 is 1.70 bits per heavy atom. The largest absolute Gasteiger partial charge is 0.340 e. The summed E-state index contributed by atoms with van der Waals surface area (Å²) in [6.45, 7) is 16.1. The minimum atomic E-state index is 0.244. The highest BCUT2D eigenvalue weighted by Crippen LogP contribution is 2.21. The van der Waals surface area contributed by atoms with Gasteiger partial charge in [-0.1, -0.05) is 13.8 Å². The van der Waals surface area contributed by atoms with E-state index in [4.69, 9.17) is 0 Å². The number of hydrogen-bond acceptors (Lipinski definition) is 3. The summed E-state index contributed by atoms with van der Waals surface area (Å²) < 4.78 is 0. The predicted molar refractivity (Wildman–Crippen MR) is 82.7 cm³/mol. The number of hydrogen-bond donors (Lipinski definition) is 0. The number of rotatable bonds is 4. The molecule has 4 nitrogen and oxygen atoms in total. The molecule has 2 aliphatic rings. The SMILES string of the molecule is CC(C)CN1CCN(C(=O)[C@@H]2CCN(C(C)C)C2)CC1. The molecule has 2 rings (SSSR count). The van der Waals surface area contributed by atoms with Crippen LogP contribution in [0, 0.1) is 11.8 Å². The van der Waals surface area contributed by atoms with Gasteiger partial charge in [0, 0.05) is 45.3 Å². The van der Waals surface area contributed by atoms with Crippen LogP contribution in [0.1, 0.15) is 34.1 Å². The van der Waals surface area contributed by atoms with Crippen LogP contribution in [0.5, 0.6) is 0 Å². The lowest BCUT2D eigenvalue weighted by atomic mass is 10.1. The summed E-state index contributed by atoms with van der Waals surface area (Å²) >= 11 is 0. The fourth-order valence-electron chi connectivity index (χ4n) is 3.38. The number of piperazine rings is 1. The van der Waals surface area contributed by atoms with Gasteiger partial charge in [0.25, 0.3) is 0 Å². The van der Waals surface area contributed by atoms with Crippen molar-refractivity contribution in [3.05, 3.63) is 0 Å². The van der Waals surface area contributed by atoms with Gasteiger partial charge < -0.3 is 9.80 Å². The molecule has 0 unspecified atom stereocenters. The lowest BCUT2D eigenvalue weighted by Crippen LogP contribution is -2.51. The van der Waals surface area contributed by atoms with Crippen LogP contribution in [-0.4, -0.2) is 72.5 Å². The summed E-state index contributed by atoms with van der Waals surface area (Å²) in [5.74, 6) is 1.36. The summed E-state index contributed by atoms with van der Waals surface area (Å²) in [7, 11) is 0. The smallest absolute Gasteiger partial charge is 0.227 e. The Labute approximate surface area is 124 Å². The van der Waals surface area contributed by atoms with Crippen LogP contribution in [0.4, 0.5) is 0 Å². The number of likely N-dealkylation sites (tertiary alicyclic amines) is 1. The van der Waals surface area contributed by atoms with Crippen molar-refractivity contribution in [3.8, 4) is 0 Å². The van der Waals surface area contributed by atoms with Crippen LogP contribution in [0.3, 0.4) is 0 Å². The van der Waals surface area contributed by atoms with E-state index in [0.29, 0.717) is 17.9 Å². The van der Waals surface area contributed by atoms with Crippen molar-refractivity contribution in [3.63, 3.8) is 0 Å². The normalized spacial score (nSPS) is 25.9. The molecular weight excluding hydrogens is 250 g/mol. The van der Waals surface area contributed by atoms with Gasteiger partial charge in [-0.3, -0.25) is 9.69 Å². The van der Waals surface area contributed by atoms with E-state index in [2.05, 4.69) is 42.4 Å². The average molecular weight is 281 g/mol. The molecule has 0 N–H and O–H groups in total. The molecule has 0 spiro atoms. The maximum atomic E-state index is 12.6. The van der Waals surface area contributed by atoms with E-state index in [0.717, 1.165) is 52.2 Å². The molecule has 0 aromatic heterocycles. The highest BCUT2D eigenvalue weighted by atomic mass is 16.2. The maximum absolute atomic E-state index is 12.6. The third-order valence-electron chi connectivity index (χ3n) is 4.61. The summed E-state index contributed by atoms with van der Waals surface area (Å²) in [6, 6.07) is 0.565. The molecule has 2 aliphatic heterocycles. The van der Waals surface area contributed by atoms with Gasteiger partial charge in [0.15, 0.2) is 0 Å². The molecule has 0 aliphatic carbocycles. The number of carbonyl (C=O) groups is 1. The van der Waals surface area contributed by atoms with E-state index < -0.39 is 0 Å². The molecule has 116 valence electrons. The highest BCUT2D eigenvalue weighted by molar-refractivity contribution is 5.79. The van der Waals surface area contributed by atoms with Crippen molar-refractivity contribution < 1.29 is 4.79 Å². The first-order valence-electron chi connectivity index (χ1n) is 8.22. The lowest BCUT2D eigenvalue weighted by molar-refractivity contribution is -0.137. The molecule has 20 heavy (non-hydrogen) atoms. The zero-order valence-electron chi connectivity index (χ0n) is 13.6. The molecule has 0 radical (unpaired) electrons. The number of nitrogens with zero attached hydrogens (tertiary/aromatic N) is 3. The fraction of sp³-hybridized carbons (Fsp3) is 0.938. The van der Waals surface area contributed by atoms with Crippen LogP contribution >= 0.6 is 0 Å². The second-order valence-electron chi connectivity index (χ2n) is 7.09. The molecule has 1 atom stereocenters. The molecule has 0 aromatic carbocycles. The molecule has 0 aromatic rings. The van der Waals surface area contributed by atoms with Gasteiger partial charge in [0.1, 0.15) is 0 Å². The van der Waals surface area contributed by atoms with Crippen LogP contribution in [0.15, 0.2) is 0 Å². The maximum Gasteiger partial charge on any atom is 0.227 e. The third kappa shape index (κ3) is 3.95. The van der Waals surface area contributed by atoms with Gasteiger partial charge in [-0.2, -0.15) is 0 Å². The van der Waals surface area contributed by atoms with Crippen LogP contribution in [0.2, 0.25) is 0 Å². The summed E-state index contributed by atoms with van der Waals surface area (Å²) in [4.78, 5) is 19.6. The van der Waals surface area contributed by atoms with Crippen LogP contribution < -0.4 is 0 Å². The van der Waals surface area contributed by atoms with Crippen LogP contribution in [-0.2, 0) is 4.79 Å². The Balaban J connectivity index is 1.78. The minimum Gasteiger partial charge on any atom is -0.340 e. The van der Waals surface area contributed by atoms with Crippen molar-refractivity contribution in [1.29, 1.82) is 0 Å². The molecular formula is C16H31N3O. The Bertz CT molecular complexity index is 322. The molecule has 0 saturated carbocycles. The third-order valence-corrected chi connectivity index (χ3v) is 4.61. The van der Waals surface area contributed by atoms with Crippen molar-refractivity contribution in [2.24, 2.45) is 11.8 Å². The molecule has 1 amide bonds. The van der Waals surface area contributed by atoms with Gasteiger partial charge >= 0.3 is 0 Å². The lowest BCUT2D eigenvalue weighted by Gasteiger charge is -2.36. The van der Waals surface area contributed by atoms with Gasteiger partial charge in [-0.05, 0) is 32.7 Å². The van der Waals surface area contributed by atoms with Crippen molar-refractivity contribution in [2.45, 2.75) is 40.2 Å². The minimum absolute atomic E-state index is 0.244. The summed E-state index contributed by atoms with van der Waals surface area (Å²) in [6.07, 6.45) is 1.04. The van der Waals surface area contributed by atoms with Gasteiger partial charge in [-0.15, -0.1) is 0 Å². The van der Waals surface area contributed by atoms with E-state index in [-0.39, 0.29) is 5.92 Å². The number of amides is 1. The van der Waals surface area contributed by atoms with Crippen molar-refractivity contribution in [1.82, 2.24) is 14.7 Å². The molecule has 2 saturated heterocycles. The summed E-state index contributed by atoms with van der Waals surface area (Å²) in [5, 5.41) is 0. The van der Waals surface area contributed by atoms with E-state index in [1.165, 1.54) is 0 Å². The van der Waals surface area contributed by atoms with E-state index >= 15 is 0 Å².